The molecule has 1 atom stereocenters. The minimum absolute atomic E-state index is 0.646. The highest BCUT2D eigenvalue weighted by atomic mass is 15.3. The Morgan fingerprint density at radius 3 is 2.85 bits per heavy atom. The molecule has 0 bridgehead atoms. The Morgan fingerprint density at radius 2 is 2.15 bits per heavy atom. The van der Waals surface area contributed by atoms with Crippen molar-refractivity contribution in [3.63, 3.8) is 0 Å². The maximum Gasteiger partial charge on any atom is 0.225 e. The van der Waals surface area contributed by atoms with Gasteiger partial charge in [0, 0.05) is 44.4 Å². The molecule has 2 aromatic heterocycles. The highest BCUT2D eigenvalue weighted by molar-refractivity contribution is 5.30. The summed E-state index contributed by atoms with van der Waals surface area (Å²) in [5.74, 6) is 1.52. The van der Waals surface area contributed by atoms with Gasteiger partial charge in [0.25, 0.3) is 0 Å². The Kier molecular flexibility index (Phi) is 3.95. The van der Waals surface area contributed by atoms with Crippen LogP contribution >= 0.6 is 0 Å². The van der Waals surface area contributed by atoms with Crippen LogP contribution in [0.15, 0.2) is 31.1 Å². The van der Waals surface area contributed by atoms with Gasteiger partial charge in [-0.15, -0.1) is 0 Å². The highest BCUT2D eigenvalue weighted by Gasteiger charge is 2.21. The van der Waals surface area contributed by atoms with E-state index in [-0.39, 0.29) is 0 Å². The van der Waals surface area contributed by atoms with E-state index in [1.807, 2.05) is 31.1 Å². The van der Waals surface area contributed by atoms with Crippen LogP contribution in [0.1, 0.15) is 25.3 Å². The molecule has 1 fully saturated rings. The Balaban J connectivity index is 1.64. The number of hydrogen-bond donors (Lipinski definition) is 0. The number of piperidine rings is 1. The van der Waals surface area contributed by atoms with Gasteiger partial charge in [-0.1, -0.05) is 6.92 Å². The van der Waals surface area contributed by atoms with Gasteiger partial charge in [-0.05, 0) is 30.7 Å². The van der Waals surface area contributed by atoms with Gasteiger partial charge >= 0.3 is 0 Å². The van der Waals surface area contributed by atoms with Crippen molar-refractivity contribution < 1.29 is 0 Å². The molecule has 1 aliphatic rings. The Morgan fingerprint density at radius 1 is 1.30 bits per heavy atom. The first-order valence-corrected chi connectivity index (χ1v) is 7.36. The fourth-order valence-electron chi connectivity index (χ4n) is 2.78. The maximum absolute atomic E-state index is 4.50. The van der Waals surface area contributed by atoms with E-state index in [4.69, 9.17) is 0 Å². The third kappa shape index (κ3) is 2.98. The zero-order chi connectivity index (χ0) is 13.8. The first-order valence-electron chi connectivity index (χ1n) is 7.36. The molecular weight excluding hydrogens is 250 g/mol. The van der Waals surface area contributed by atoms with E-state index in [0.717, 1.165) is 32.0 Å². The summed E-state index contributed by atoms with van der Waals surface area (Å²) in [5, 5.41) is 0. The molecule has 0 radical (unpaired) electrons. The molecule has 5 nitrogen and oxygen atoms in total. The second-order valence-electron chi connectivity index (χ2n) is 5.46. The number of nitrogens with zero attached hydrogens (tertiary/aromatic N) is 5. The molecule has 0 N–H and O–H groups in total. The summed E-state index contributed by atoms with van der Waals surface area (Å²) in [6, 6.07) is 0. The first kappa shape index (κ1) is 13.1. The largest absolute Gasteiger partial charge is 0.340 e. The first-order chi connectivity index (χ1) is 9.85. The highest BCUT2D eigenvalue weighted by Crippen LogP contribution is 2.21. The molecule has 0 unspecified atom stereocenters. The second-order valence-corrected chi connectivity index (χ2v) is 5.46. The van der Waals surface area contributed by atoms with Crippen LogP contribution in [0.3, 0.4) is 0 Å². The van der Waals surface area contributed by atoms with Crippen molar-refractivity contribution in [3.05, 3.63) is 36.7 Å². The van der Waals surface area contributed by atoms with E-state index >= 15 is 0 Å². The average molecular weight is 271 g/mol. The van der Waals surface area contributed by atoms with E-state index in [2.05, 4.69) is 31.3 Å². The normalized spacial score (nSPS) is 19.2. The van der Waals surface area contributed by atoms with Crippen molar-refractivity contribution in [3.8, 4) is 0 Å². The number of hydrogen-bond acceptors (Lipinski definition) is 4. The van der Waals surface area contributed by atoms with Gasteiger partial charge < -0.3 is 9.47 Å². The number of rotatable bonds is 4. The smallest absolute Gasteiger partial charge is 0.225 e. The zero-order valence-electron chi connectivity index (χ0n) is 11.9. The second kappa shape index (κ2) is 6.03. The van der Waals surface area contributed by atoms with Crippen molar-refractivity contribution in [2.24, 2.45) is 5.92 Å². The summed E-state index contributed by atoms with van der Waals surface area (Å²) in [6.45, 7) is 5.25. The quantitative estimate of drug-likeness (QED) is 0.855. The summed E-state index contributed by atoms with van der Waals surface area (Å²) in [7, 11) is 0. The molecule has 1 saturated heterocycles. The van der Waals surface area contributed by atoms with Crippen molar-refractivity contribution in [2.75, 3.05) is 18.0 Å². The number of imidazole rings is 1. The predicted molar refractivity (Wildman–Crippen MR) is 78.6 cm³/mol. The standard InChI is InChI=1S/C15H21N5/c1-2-13-8-17-15(18-9-13)20-6-3-4-14(11-20)10-19-7-5-16-12-19/h5,7-9,12,14H,2-4,6,10-11H2,1H3/t14-/m1/s1. The Labute approximate surface area is 119 Å². The summed E-state index contributed by atoms with van der Waals surface area (Å²) >= 11 is 0. The van der Waals surface area contributed by atoms with Gasteiger partial charge in [0.2, 0.25) is 5.95 Å². The van der Waals surface area contributed by atoms with Gasteiger partial charge in [-0.25, -0.2) is 15.0 Å². The molecule has 0 spiro atoms. The minimum Gasteiger partial charge on any atom is -0.340 e. The SMILES string of the molecule is CCc1cnc(N2CCC[C@H](Cn3ccnc3)C2)nc1. The van der Waals surface area contributed by atoms with Crippen LogP contribution in [-0.4, -0.2) is 32.6 Å². The van der Waals surface area contributed by atoms with Crippen LogP contribution < -0.4 is 4.90 Å². The lowest BCUT2D eigenvalue weighted by Crippen LogP contribution is -2.38. The molecular formula is C15H21N5. The van der Waals surface area contributed by atoms with Crippen LogP contribution in [-0.2, 0) is 13.0 Å². The van der Waals surface area contributed by atoms with Crippen LogP contribution in [0.4, 0.5) is 5.95 Å². The molecule has 0 aromatic carbocycles. The van der Waals surface area contributed by atoms with Gasteiger partial charge in [0.05, 0.1) is 6.33 Å². The van der Waals surface area contributed by atoms with E-state index in [1.165, 1.54) is 18.4 Å². The topological polar surface area (TPSA) is 46.8 Å². The molecule has 20 heavy (non-hydrogen) atoms. The van der Waals surface area contributed by atoms with Crippen LogP contribution in [0, 0.1) is 5.92 Å². The van der Waals surface area contributed by atoms with E-state index in [1.54, 1.807) is 0 Å². The molecule has 3 heterocycles. The summed E-state index contributed by atoms with van der Waals surface area (Å²) < 4.78 is 2.16. The van der Waals surface area contributed by atoms with Gasteiger partial charge in [-0.2, -0.15) is 0 Å². The van der Waals surface area contributed by atoms with Crippen molar-refractivity contribution in [2.45, 2.75) is 32.7 Å². The van der Waals surface area contributed by atoms with Crippen molar-refractivity contribution in [1.82, 2.24) is 19.5 Å². The van der Waals surface area contributed by atoms with Crippen LogP contribution in [0.25, 0.3) is 0 Å². The van der Waals surface area contributed by atoms with Gasteiger partial charge in [-0.3, -0.25) is 0 Å². The zero-order valence-corrected chi connectivity index (χ0v) is 11.9. The fourth-order valence-corrected chi connectivity index (χ4v) is 2.78. The predicted octanol–water partition coefficient (Wildman–Crippen LogP) is 2.15. The van der Waals surface area contributed by atoms with Crippen LogP contribution in [0.2, 0.25) is 0 Å². The summed E-state index contributed by atoms with van der Waals surface area (Å²) in [6.07, 6.45) is 13.1. The number of aryl methyl sites for hydroxylation is 1. The molecule has 0 amide bonds. The lowest BCUT2D eigenvalue weighted by atomic mass is 9.98. The molecule has 106 valence electrons. The molecule has 3 rings (SSSR count). The van der Waals surface area contributed by atoms with Crippen molar-refractivity contribution >= 4 is 5.95 Å². The van der Waals surface area contributed by atoms with Crippen LogP contribution in [0.5, 0.6) is 0 Å². The lowest BCUT2D eigenvalue weighted by Gasteiger charge is -2.32. The third-order valence-electron chi connectivity index (χ3n) is 3.93. The van der Waals surface area contributed by atoms with E-state index in [9.17, 15) is 0 Å². The molecule has 2 aromatic rings. The monoisotopic (exact) mass is 271 g/mol. The Bertz CT molecular complexity index is 520. The Hall–Kier alpha value is -1.91. The lowest BCUT2D eigenvalue weighted by molar-refractivity contribution is 0.364. The summed E-state index contributed by atoms with van der Waals surface area (Å²) in [4.78, 5) is 15.4. The molecule has 1 aliphatic heterocycles. The van der Waals surface area contributed by atoms with E-state index < -0.39 is 0 Å². The van der Waals surface area contributed by atoms with Gasteiger partial charge in [0.1, 0.15) is 0 Å². The molecule has 0 aliphatic carbocycles. The number of anilines is 1. The number of aromatic nitrogens is 4. The fraction of sp³-hybridized carbons (Fsp3) is 0.533. The minimum atomic E-state index is 0.646. The average Bonchev–Trinajstić information content (AvgIpc) is 3.01. The maximum atomic E-state index is 4.50. The molecule has 0 saturated carbocycles. The van der Waals surface area contributed by atoms with E-state index in [0.29, 0.717) is 5.92 Å². The third-order valence-corrected chi connectivity index (χ3v) is 3.93. The van der Waals surface area contributed by atoms with Crippen molar-refractivity contribution in [1.29, 1.82) is 0 Å². The summed E-state index contributed by atoms with van der Waals surface area (Å²) in [5.41, 5.74) is 1.20. The van der Waals surface area contributed by atoms with Gasteiger partial charge in [0.15, 0.2) is 0 Å². The molecule has 5 heteroatoms.